The molecule has 11 heteroatoms. The largest absolute Gasteiger partial charge is 0.480 e. The van der Waals surface area contributed by atoms with Crippen LogP contribution in [0.15, 0.2) is 82.6 Å². The van der Waals surface area contributed by atoms with Crippen molar-refractivity contribution in [3.8, 4) is 11.1 Å². The molecule has 0 aliphatic carbocycles. The van der Waals surface area contributed by atoms with Crippen LogP contribution >= 0.6 is 0 Å². The zero-order valence-corrected chi connectivity index (χ0v) is 23.6. The van der Waals surface area contributed by atoms with E-state index < -0.39 is 50.9 Å². The Morgan fingerprint density at radius 2 is 1.69 bits per heavy atom. The molecule has 1 atom stereocenters. The van der Waals surface area contributed by atoms with Crippen LogP contribution < -0.4 is 5.56 Å². The number of fused-ring (bicyclic) bond motifs is 2. The van der Waals surface area contributed by atoms with Crippen molar-refractivity contribution in [3.63, 3.8) is 0 Å². The van der Waals surface area contributed by atoms with E-state index in [0.29, 0.717) is 12.8 Å². The highest BCUT2D eigenvalue weighted by atomic mass is 32.2. The number of benzene rings is 3. The molecule has 220 valence electrons. The molecule has 7 nitrogen and oxygen atoms in total. The number of rotatable bonds is 8. The van der Waals surface area contributed by atoms with Crippen LogP contribution in [0, 0.1) is 0 Å². The van der Waals surface area contributed by atoms with Crippen LogP contribution in [0.2, 0.25) is 0 Å². The van der Waals surface area contributed by atoms with Crippen molar-refractivity contribution in [2.45, 2.75) is 49.9 Å². The minimum absolute atomic E-state index is 0.0176. The highest BCUT2D eigenvalue weighted by Crippen LogP contribution is 2.40. The predicted octanol–water partition coefficient (Wildman–Crippen LogP) is 6.10. The molecule has 0 saturated heterocycles. The summed E-state index contributed by atoms with van der Waals surface area (Å²) in [5.41, 5.74) is -1.12. The molecule has 0 fully saturated rings. The number of halogens is 3. The number of unbranched alkanes of at least 4 members (excludes halogenated alkanes) is 2. The van der Waals surface area contributed by atoms with Gasteiger partial charge in [-0.15, -0.1) is 0 Å². The topological polar surface area (TPSA) is 96.7 Å². The molecule has 0 bridgehead atoms. The molecule has 1 aliphatic rings. The van der Waals surface area contributed by atoms with Gasteiger partial charge in [-0.3, -0.25) is 9.36 Å². The van der Waals surface area contributed by atoms with E-state index in [-0.39, 0.29) is 29.7 Å². The summed E-state index contributed by atoms with van der Waals surface area (Å²) in [6, 6.07) is 16.8. The lowest BCUT2D eigenvalue weighted by Gasteiger charge is -2.35. The highest BCUT2D eigenvalue weighted by molar-refractivity contribution is 7.89. The smallest absolute Gasteiger partial charge is 0.416 e. The van der Waals surface area contributed by atoms with E-state index in [1.165, 1.54) is 12.1 Å². The quantitative estimate of drug-likeness (QED) is 0.247. The van der Waals surface area contributed by atoms with E-state index in [0.717, 1.165) is 49.8 Å². The van der Waals surface area contributed by atoms with Gasteiger partial charge in [-0.1, -0.05) is 74.4 Å². The molecule has 5 rings (SSSR count). The van der Waals surface area contributed by atoms with E-state index >= 15 is 0 Å². The lowest BCUT2D eigenvalue weighted by molar-refractivity contribution is -0.141. The fourth-order valence-electron chi connectivity index (χ4n) is 5.58. The Balaban J connectivity index is 1.84. The van der Waals surface area contributed by atoms with Gasteiger partial charge in [0.05, 0.1) is 5.56 Å². The minimum atomic E-state index is -4.72. The first kappa shape index (κ1) is 29.5. The standard InChI is InChI=1S/C31H29F3N2O5S/c1-2-3-6-15-35-19-26(30(38)39)36-27(37)18-23(16-21-11-7-10-20-9-4-5-14-25(20)21)28(29(36)42(35,40)41)22-12-8-13-24(17-22)31(32,33)34/h4-5,7-14,17-18,26H,2-3,6,15-16,19H2,1H3,(H,38,39). The third-order valence-corrected chi connectivity index (χ3v) is 9.50. The van der Waals surface area contributed by atoms with Crippen LogP contribution in [0.5, 0.6) is 0 Å². The Morgan fingerprint density at radius 3 is 2.40 bits per heavy atom. The van der Waals surface area contributed by atoms with Crippen LogP contribution in [0.25, 0.3) is 21.9 Å². The molecule has 3 aromatic carbocycles. The van der Waals surface area contributed by atoms with Crippen molar-refractivity contribution in [3.05, 3.63) is 99.8 Å². The number of carboxylic acids is 1. The molecule has 0 saturated carbocycles. The molecule has 1 unspecified atom stereocenters. The number of carboxylic acid groups (broad SMARTS) is 1. The van der Waals surface area contributed by atoms with Crippen molar-refractivity contribution in [1.82, 2.24) is 8.87 Å². The Bertz CT molecular complexity index is 1830. The summed E-state index contributed by atoms with van der Waals surface area (Å²) < 4.78 is 71.5. The van der Waals surface area contributed by atoms with Crippen LogP contribution in [-0.2, 0) is 27.4 Å². The second kappa shape index (κ2) is 11.4. The summed E-state index contributed by atoms with van der Waals surface area (Å²) >= 11 is 0. The predicted molar refractivity (Wildman–Crippen MR) is 153 cm³/mol. The van der Waals surface area contributed by atoms with Gasteiger partial charge in [0.15, 0.2) is 5.03 Å². The van der Waals surface area contributed by atoms with Crippen molar-refractivity contribution in [2.75, 3.05) is 13.1 Å². The van der Waals surface area contributed by atoms with Gasteiger partial charge in [0.2, 0.25) is 0 Å². The molecule has 1 N–H and O–H groups in total. The van der Waals surface area contributed by atoms with E-state index in [9.17, 15) is 36.3 Å². The average molecular weight is 599 g/mol. The third-order valence-electron chi connectivity index (χ3n) is 7.60. The maximum Gasteiger partial charge on any atom is 0.416 e. The SMILES string of the molecule is CCCCCN1CC(C(=O)O)n2c(c(-c3cccc(C(F)(F)F)c3)c(Cc3cccc4ccccc34)cc2=O)S1(=O)=O. The molecule has 2 heterocycles. The van der Waals surface area contributed by atoms with Gasteiger partial charge >= 0.3 is 12.1 Å². The van der Waals surface area contributed by atoms with Gasteiger partial charge in [0.25, 0.3) is 15.6 Å². The van der Waals surface area contributed by atoms with E-state index in [4.69, 9.17) is 0 Å². The average Bonchev–Trinajstić information content (AvgIpc) is 2.94. The van der Waals surface area contributed by atoms with Crippen LogP contribution in [0.4, 0.5) is 13.2 Å². The third kappa shape index (κ3) is 5.46. The number of hydrogen-bond acceptors (Lipinski definition) is 4. The first-order valence-corrected chi connectivity index (χ1v) is 15.0. The van der Waals surface area contributed by atoms with E-state index in [1.807, 2.05) is 37.3 Å². The van der Waals surface area contributed by atoms with Gasteiger partial charge in [0, 0.05) is 24.7 Å². The number of carbonyl (C=O) groups is 1. The van der Waals surface area contributed by atoms with Crippen molar-refractivity contribution in [2.24, 2.45) is 0 Å². The van der Waals surface area contributed by atoms with Crippen LogP contribution in [0.1, 0.15) is 48.9 Å². The summed E-state index contributed by atoms with van der Waals surface area (Å²) in [6.45, 7) is 1.49. The molecule has 4 aromatic rings. The Kier molecular flexibility index (Phi) is 8.00. The first-order chi connectivity index (χ1) is 19.9. The molecule has 0 radical (unpaired) electrons. The second-order valence-corrected chi connectivity index (χ2v) is 12.2. The van der Waals surface area contributed by atoms with Crippen molar-refractivity contribution >= 4 is 26.8 Å². The molecule has 0 spiro atoms. The van der Waals surface area contributed by atoms with E-state index in [2.05, 4.69) is 0 Å². The lowest BCUT2D eigenvalue weighted by Crippen LogP contribution is -2.49. The zero-order chi connectivity index (χ0) is 30.2. The molecule has 1 aliphatic heterocycles. The van der Waals surface area contributed by atoms with Gasteiger partial charge in [-0.05, 0) is 52.4 Å². The summed E-state index contributed by atoms with van der Waals surface area (Å²) in [5, 5.41) is 11.2. The van der Waals surface area contributed by atoms with Crippen LogP contribution in [0.3, 0.4) is 0 Å². The maximum absolute atomic E-state index is 14.2. The van der Waals surface area contributed by atoms with Gasteiger partial charge < -0.3 is 5.11 Å². The number of nitrogens with zero attached hydrogens (tertiary/aromatic N) is 2. The number of pyridine rings is 1. The Morgan fingerprint density at radius 1 is 0.976 bits per heavy atom. The number of aliphatic carboxylic acids is 1. The Labute approximate surface area is 240 Å². The summed E-state index contributed by atoms with van der Waals surface area (Å²) in [5.74, 6) is -1.41. The van der Waals surface area contributed by atoms with Gasteiger partial charge in [0.1, 0.15) is 6.04 Å². The highest BCUT2D eigenvalue weighted by Gasteiger charge is 2.43. The number of sulfonamides is 1. The maximum atomic E-state index is 14.2. The second-order valence-electron chi connectivity index (χ2n) is 10.4. The van der Waals surface area contributed by atoms with Crippen molar-refractivity contribution < 1.29 is 31.5 Å². The number of alkyl halides is 3. The Hall–Kier alpha value is -3.96. The number of hydrogen-bond donors (Lipinski definition) is 1. The fourth-order valence-corrected chi connectivity index (χ4v) is 7.51. The monoisotopic (exact) mass is 598 g/mol. The molecule has 1 aromatic heterocycles. The summed E-state index contributed by atoms with van der Waals surface area (Å²) in [6.07, 6.45) is -2.75. The van der Waals surface area contributed by atoms with Crippen LogP contribution in [-0.4, -0.2) is 41.5 Å². The molecule has 42 heavy (non-hydrogen) atoms. The molecular weight excluding hydrogens is 569 g/mol. The lowest BCUT2D eigenvalue weighted by atomic mass is 9.93. The fraction of sp³-hybridized carbons (Fsp3) is 0.290. The van der Waals surface area contributed by atoms with Gasteiger partial charge in [-0.2, -0.15) is 17.5 Å². The normalized spacial score (nSPS) is 16.8. The van der Waals surface area contributed by atoms with Gasteiger partial charge in [-0.25, -0.2) is 13.2 Å². The van der Waals surface area contributed by atoms with E-state index in [1.54, 1.807) is 12.1 Å². The zero-order valence-electron chi connectivity index (χ0n) is 22.8. The summed E-state index contributed by atoms with van der Waals surface area (Å²) in [7, 11) is -4.48. The van der Waals surface area contributed by atoms with Crippen molar-refractivity contribution in [1.29, 1.82) is 0 Å². The molecular formula is C31H29F3N2O5S. The summed E-state index contributed by atoms with van der Waals surface area (Å²) in [4.78, 5) is 25.9. The number of aromatic nitrogens is 1. The minimum Gasteiger partial charge on any atom is -0.480 e. The first-order valence-electron chi connectivity index (χ1n) is 13.6. The molecule has 0 amide bonds.